The van der Waals surface area contributed by atoms with Gasteiger partial charge in [0.05, 0.1) is 0 Å². The van der Waals surface area contributed by atoms with Crippen molar-refractivity contribution in [1.82, 2.24) is 9.91 Å². The summed E-state index contributed by atoms with van der Waals surface area (Å²) in [5.74, 6) is 5.45. The molecule has 0 rings (SSSR count). The Morgan fingerprint density at radius 2 is 1.70 bits per heavy atom. The van der Waals surface area contributed by atoms with Gasteiger partial charge < -0.3 is 4.90 Å². The Hall–Kier alpha value is -0.120. The molecule has 0 unspecified atom stereocenters. The second-order valence-electron chi connectivity index (χ2n) is 3.05. The SMILES string of the molecule is CC(C)N(C)CCN(C)N. The summed E-state index contributed by atoms with van der Waals surface area (Å²) in [6, 6.07) is 0.611. The average molecular weight is 145 g/mol. The summed E-state index contributed by atoms with van der Waals surface area (Å²) in [6.07, 6.45) is 0. The molecule has 3 heteroatoms. The van der Waals surface area contributed by atoms with Gasteiger partial charge in [-0.05, 0) is 20.9 Å². The Labute approximate surface area is 63.8 Å². The van der Waals surface area contributed by atoms with E-state index in [0.29, 0.717) is 6.04 Å². The molecular weight excluding hydrogens is 126 g/mol. The fraction of sp³-hybridized carbons (Fsp3) is 1.00. The maximum absolute atomic E-state index is 5.45. The van der Waals surface area contributed by atoms with E-state index in [9.17, 15) is 0 Å². The number of rotatable bonds is 4. The van der Waals surface area contributed by atoms with Crippen LogP contribution in [0.2, 0.25) is 0 Å². The molecule has 0 aromatic heterocycles. The third-order valence-electron chi connectivity index (χ3n) is 1.69. The second kappa shape index (κ2) is 4.66. The van der Waals surface area contributed by atoms with Crippen LogP contribution in [0.4, 0.5) is 0 Å². The molecule has 62 valence electrons. The highest BCUT2D eigenvalue weighted by Gasteiger charge is 2.01. The maximum atomic E-state index is 5.45. The lowest BCUT2D eigenvalue weighted by Crippen LogP contribution is -2.37. The van der Waals surface area contributed by atoms with Crippen molar-refractivity contribution >= 4 is 0 Å². The number of hydrogen-bond donors (Lipinski definition) is 1. The minimum absolute atomic E-state index is 0.611. The van der Waals surface area contributed by atoms with Gasteiger partial charge in [-0.1, -0.05) is 0 Å². The zero-order valence-electron chi connectivity index (χ0n) is 7.46. The van der Waals surface area contributed by atoms with Crippen molar-refractivity contribution in [1.29, 1.82) is 0 Å². The summed E-state index contributed by atoms with van der Waals surface area (Å²) >= 11 is 0. The van der Waals surface area contributed by atoms with Crippen molar-refractivity contribution < 1.29 is 0 Å². The number of nitrogens with zero attached hydrogens (tertiary/aromatic N) is 2. The van der Waals surface area contributed by atoms with E-state index >= 15 is 0 Å². The lowest BCUT2D eigenvalue weighted by molar-refractivity contribution is 0.227. The molecule has 0 aromatic rings. The van der Waals surface area contributed by atoms with Crippen LogP contribution in [0.5, 0.6) is 0 Å². The van der Waals surface area contributed by atoms with Gasteiger partial charge in [0, 0.05) is 26.2 Å². The summed E-state index contributed by atoms with van der Waals surface area (Å²) in [5.41, 5.74) is 0. The first kappa shape index (κ1) is 9.88. The van der Waals surface area contributed by atoms with Crippen LogP contribution in [-0.4, -0.2) is 43.1 Å². The zero-order chi connectivity index (χ0) is 8.15. The first-order chi connectivity index (χ1) is 4.54. The Bertz CT molecular complexity index is 80.9. The Morgan fingerprint density at radius 3 is 2.00 bits per heavy atom. The standard InChI is InChI=1S/C7H19N3/c1-7(2)9(3)5-6-10(4)8/h7H,5-6,8H2,1-4H3. The molecule has 3 nitrogen and oxygen atoms in total. The molecule has 0 saturated heterocycles. The monoisotopic (exact) mass is 145 g/mol. The van der Waals surface area contributed by atoms with E-state index in [0.717, 1.165) is 13.1 Å². The quantitative estimate of drug-likeness (QED) is 0.451. The molecule has 2 N–H and O–H groups in total. The molecular formula is C7H19N3. The van der Waals surface area contributed by atoms with E-state index in [-0.39, 0.29) is 0 Å². The van der Waals surface area contributed by atoms with E-state index in [1.165, 1.54) is 0 Å². The minimum Gasteiger partial charge on any atom is -0.303 e. The number of likely N-dealkylation sites (N-methyl/N-ethyl adjacent to an activating group) is 2. The number of hydrogen-bond acceptors (Lipinski definition) is 3. The molecule has 0 atom stereocenters. The van der Waals surface area contributed by atoms with Gasteiger partial charge in [-0.3, -0.25) is 5.84 Å². The van der Waals surface area contributed by atoms with Crippen LogP contribution >= 0.6 is 0 Å². The number of hydrazine groups is 1. The van der Waals surface area contributed by atoms with Crippen LogP contribution in [0.15, 0.2) is 0 Å². The fourth-order valence-electron chi connectivity index (χ4n) is 0.574. The highest BCUT2D eigenvalue weighted by atomic mass is 15.4. The van der Waals surface area contributed by atoms with Gasteiger partial charge in [-0.15, -0.1) is 0 Å². The molecule has 0 fully saturated rings. The second-order valence-corrected chi connectivity index (χ2v) is 3.05. The molecule has 0 aromatic carbocycles. The number of nitrogens with two attached hydrogens (primary N) is 1. The van der Waals surface area contributed by atoms with Gasteiger partial charge in [0.25, 0.3) is 0 Å². The smallest absolute Gasteiger partial charge is 0.0253 e. The molecule has 0 heterocycles. The molecule has 0 aliphatic heterocycles. The molecule has 0 amide bonds. The van der Waals surface area contributed by atoms with Crippen LogP contribution < -0.4 is 5.84 Å². The minimum atomic E-state index is 0.611. The summed E-state index contributed by atoms with van der Waals surface area (Å²) in [4.78, 5) is 2.27. The first-order valence-corrected chi connectivity index (χ1v) is 3.70. The van der Waals surface area contributed by atoms with Crippen molar-refractivity contribution in [2.24, 2.45) is 5.84 Å². The van der Waals surface area contributed by atoms with Crippen molar-refractivity contribution in [3.05, 3.63) is 0 Å². The molecule has 0 saturated carbocycles. The van der Waals surface area contributed by atoms with E-state index in [1.54, 1.807) is 5.01 Å². The van der Waals surface area contributed by atoms with Crippen molar-refractivity contribution in [3.8, 4) is 0 Å². The summed E-state index contributed by atoms with van der Waals surface area (Å²) < 4.78 is 0. The first-order valence-electron chi connectivity index (χ1n) is 3.70. The Morgan fingerprint density at radius 1 is 1.20 bits per heavy atom. The van der Waals surface area contributed by atoms with E-state index in [1.807, 2.05) is 7.05 Å². The van der Waals surface area contributed by atoms with Gasteiger partial charge in [-0.25, -0.2) is 5.01 Å². The summed E-state index contributed by atoms with van der Waals surface area (Å²) in [6.45, 7) is 6.31. The van der Waals surface area contributed by atoms with Crippen LogP contribution in [0, 0.1) is 0 Å². The van der Waals surface area contributed by atoms with Crippen LogP contribution in [0.25, 0.3) is 0 Å². The van der Waals surface area contributed by atoms with Gasteiger partial charge in [0.15, 0.2) is 0 Å². The van der Waals surface area contributed by atoms with Crippen molar-refractivity contribution in [2.75, 3.05) is 27.2 Å². The van der Waals surface area contributed by atoms with Gasteiger partial charge in [0.2, 0.25) is 0 Å². The van der Waals surface area contributed by atoms with Crippen LogP contribution in [0.3, 0.4) is 0 Å². The summed E-state index contributed by atoms with van der Waals surface area (Å²) in [5, 5.41) is 1.71. The Balaban J connectivity index is 3.30. The topological polar surface area (TPSA) is 32.5 Å². The molecule has 0 aliphatic carbocycles. The maximum Gasteiger partial charge on any atom is 0.0253 e. The fourth-order valence-corrected chi connectivity index (χ4v) is 0.574. The molecule has 10 heavy (non-hydrogen) atoms. The van der Waals surface area contributed by atoms with Crippen molar-refractivity contribution in [2.45, 2.75) is 19.9 Å². The normalized spacial score (nSPS) is 12.0. The molecule has 0 radical (unpaired) electrons. The highest BCUT2D eigenvalue weighted by molar-refractivity contribution is 4.57. The lowest BCUT2D eigenvalue weighted by atomic mass is 10.3. The molecule has 0 bridgehead atoms. The lowest BCUT2D eigenvalue weighted by Gasteiger charge is -2.22. The predicted molar refractivity (Wildman–Crippen MR) is 44.6 cm³/mol. The molecule has 0 aliphatic rings. The zero-order valence-corrected chi connectivity index (χ0v) is 7.46. The van der Waals surface area contributed by atoms with Crippen LogP contribution in [-0.2, 0) is 0 Å². The molecule has 0 spiro atoms. The van der Waals surface area contributed by atoms with Crippen LogP contribution in [0.1, 0.15) is 13.8 Å². The highest BCUT2D eigenvalue weighted by Crippen LogP contribution is 1.91. The third-order valence-corrected chi connectivity index (χ3v) is 1.69. The predicted octanol–water partition coefficient (Wildman–Crippen LogP) is 0.132. The van der Waals surface area contributed by atoms with Gasteiger partial charge in [-0.2, -0.15) is 0 Å². The van der Waals surface area contributed by atoms with Crippen molar-refractivity contribution in [3.63, 3.8) is 0 Å². The largest absolute Gasteiger partial charge is 0.303 e. The Kier molecular flexibility index (Phi) is 4.60. The van der Waals surface area contributed by atoms with Gasteiger partial charge in [0.1, 0.15) is 0 Å². The van der Waals surface area contributed by atoms with Gasteiger partial charge >= 0.3 is 0 Å². The van der Waals surface area contributed by atoms with E-state index in [2.05, 4.69) is 25.8 Å². The third kappa shape index (κ3) is 4.73. The average Bonchev–Trinajstić information content (AvgIpc) is 1.82. The van der Waals surface area contributed by atoms with E-state index in [4.69, 9.17) is 5.84 Å². The summed E-state index contributed by atoms with van der Waals surface area (Å²) in [7, 11) is 3.99. The van der Waals surface area contributed by atoms with E-state index < -0.39 is 0 Å².